The summed E-state index contributed by atoms with van der Waals surface area (Å²) in [6, 6.07) is 0. The van der Waals surface area contributed by atoms with Crippen LogP contribution >= 0.6 is 23.7 Å². The van der Waals surface area contributed by atoms with Crippen molar-refractivity contribution in [2.24, 2.45) is 0 Å². The van der Waals surface area contributed by atoms with Crippen LogP contribution in [0, 0.1) is 0 Å². The van der Waals surface area contributed by atoms with Crippen LogP contribution in [0.1, 0.15) is 12.6 Å². The highest BCUT2D eigenvalue weighted by atomic mass is 35.5. The predicted molar refractivity (Wildman–Crippen MR) is 43.2 cm³/mol. The van der Waals surface area contributed by atoms with Crippen LogP contribution in [0.4, 0.5) is 5.13 Å². The smallest absolute Gasteiger partial charge is 0.180 e. The molecule has 9 heavy (non-hydrogen) atoms. The lowest BCUT2D eigenvalue weighted by atomic mass is 10.4. The third-order valence-corrected chi connectivity index (χ3v) is 1.65. The molecule has 0 amide bonds. The zero-order valence-electron chi connectivity index (χ0n) is 5.13. The van der Waals surface area contributed by atoms with E-state index >= 15 is 0 Å². The van der Waals surface area contributed by atoms with Crippen molar-refractivity contribution in [2.75, 3.05) is 5.73 Å². The summed E-state index contributed by atoms with van der Waals surface area (Å²) < 4.78 is 0. The summed E-state index contributed by atoms with van der Waals surface area (Å²) in [4.78, 5) is 4.03. The van der Waals surface area contributed by atoms with E-state index in [-0.39, 0.29) is 12.4 Å². The van der Waals surface area contributed by atoms with Crippen LogP contribution in [0.25, 0.3) is 0 Å². The largest absolute Gasteiger partial charge is 0.375 e. The minimum atomic E-state index is 0. The number of nitrogen functional groups attached to an aromatic ring is 1. The maximum atomic E-state index is 5.36. The summed E-state index contributed by atoms with van der Waals surface area (Å²) in [5, 5.41) is 2.65. The zero-order valence-corrected chi connectivity index (χ0v) is 6.76. The molecule has 0 aromatic carbocycles. The van der Waals surface area contributed by atoms with E-state index in [1.807, 2.05) is 5.38 Å². The molecule has 0 saturated heterocycles. The average molecular weight is 165 g/mol. The second-order valence-electron chi connectivity index (χ2n) is 1.53. The van der Waals surface area contributed by atoms with E-state index in [1.165, 1.54) is 11.3 Å². The van der Waals surface area contributed by atoms with Gasteiger partial charge in [-0.1, -0.05) is 6.92 Å². The molecule has 0 aliphatic heterocycles. The molecular formula is C5H9ClN2S. The molecule has 52 valence electrons. The van der Waals surface area contributed by atoms with Gasteiger partial charge in [0, 0.05) is 5.38 Å². The molecule has 0 spiro atoms. The number of thiazole rings is 1. The normalized spacial score (nSPS) is 8.56. The standard InChI is InChI=1S/C5H8N2S.ClH/c1-2-4-3-8-5(6)7-4;/h3H,2H2,1H3,(H2,6,7);1H. The molecule has 0 aliphatic carbocycles. The number of hydrogen-bond donors (Lipinski definition) is 1. The molecule has 1 heterocycles. The van der Waals surface area contributed by atoms with Crippen molar-refractivity contribution in [3.63, 3.8) is 0 Å². The first kappa shape index (κ1) is 8.72. The van der Waals surface area contributed by atoms with Crippen LogP contribution in [-0.4, -0.2) is 4.98 Å². The van der Waals surface area contributed by atoms with Gasteiger partial charge in [-0.15, -0.1) is 23.7 Å². The molecule has 4 heteroatoms. The molecule has 1 rings (SSSR count). The van der Waals surface area contributed by atoms with Crippen LogP contribution in [0.5, 0.6) is 0 Å². The molecule has 2 nitrogen and oxygen atoms in total. The van der Waals surface area contributed by atoms with Gasteiger partial charge in [0.2, 0.25) is 0 Å². The number of rotatable bonds is 1. The van der Waals surface area contributed by atoms with Crippen LogP contribution in [0.15, 0.2) is 5.38 Å². The maximum Gasteiger partial charge on any atom is 0.180 e. The highest BCUT2D eigenvalue weighted by Crippen LogP contribution is 2.10. The van der Waals surface area contributed by atoms with E-state index in [4.69, 9.17) is 5.73 Å². The van der Waals surface area contributed by atoms with E-state index in [0.29, 0.717) is 5.13 Å². The van der Waals surface area contributed by atoms with Crippen LogP contribution in [0.2, 0.25) is 0 Å². The van der Waals surface area contributed by atoms with E-state index in [0.717, 1.165) is 12.1 Å². The molecule has 0 aliphatic rings. The fourth-order valence-electron chi connectivity index (χ4n) is 0.485. The van der Waals surface area contributed by atoms with E-state index < -0.39 is 0 Å². The molecule has 0 bridgehead atoms. The number of aryl methyl sites for hydroxylation is 1. The van der Waals surface area contributed by atoms with Gasteiger partial charge >= 0.3 is 0 Å². The van der Waals surface area contributed by atoms with Crippen LogP contribution < -0.4 is 5.73 Å². The Kier molecular flexibility index (Phi) is 3.58. The summed E-state index contributed by atoms with van der Waals surface area (Å²) in [7, 11) is 0. The maximum absolute atomic E-state index is 5.36. The van der Waals surface area contributed by atoms with Crippen molar-refractivity contribution in [1.29, 1.82) is 0 Å². The molecule has 0 atom stereocenters. The molecule has 1 aromatic rings. The third kappa shape index (κ3) is 2.20. The van der Waals surface area contributed by atoms with Crippen molar-refractivity contribution < 1.29 is 0 Å². The van der Waals surface area contributed by atoms with Gasteiger partial charge in [-0.2, -0.15) is 0 Å². The Morgan fingerprint density at radius 1 is 1.78 bits per heavy atom. The van der Waals surface area contributed by atoms with Gasteiger partial charge in [0.05, 0.1) is 5.69 Å². The number of nitrogens with two attached hydrogens (primary N) is 1. The van der Waals surface area contributed by atoms with Gasteiger partial charge in [-0.25, -0.2) is 4.98 Å². The van der Waals surface area contributed by atoms with Crippen molar-refractivity contribution in [1.82, 2.24) is 4.98 Å². The summed E-state index contributed by atoms with van der Waals surface area (Å²) in [5.74, 6) is 0. The quantitative estimate of drug-likeness (QED) is 0.687. The number of halogens is 1. The Labute approximate surface area is 64.5 Å². The van der Waals surface area contributed by atoms with Gasteiger partial charge in [0.25, 0.3) is 0 Å². The highest BCUT2D eigenvalue weighted by molar-refractivity contribution is 7.13. The zero-order chi connectivity index (χ0) is 5.98. The lowest BCUT2D eigenvalue weighted by molar-refractivity contribution is 1.07. The Morgan fingerprint density at radius 3 is 2.67 bits per heavy atom. The van der Waals surface area contributed by atoms with Crippen molar-refractivity contribution in [3.8, 4) is 0 Å². The Hall–Kier alpha value is -0.280. The minimum Gasteiger partial charge on any atom is -0.375 e. The Bertz CT molecular complexity index is 175. The summed E-state index contributed by atoms with van der Waals surface area (Å²) in [5.41, 5.74) is 6.45. The van der Waals surface area contributed by atoms with Gasteiger partial charge in [-0.05, 0) is 6.42 Å². The monoisotopic (exact) mass is 164 g/mol. The first-order valence-corrected chi connectivity index (χ1v) is 3.40. The van der Waals surface area contributed by atoms with Crippen molar-refractivity contribution >= 4 is 28.9 Å². The molecule has 1 aromatic heterocycles. The molecule has 0 unspecified atom stereocenters. The second-order valence-corrected chi connectivity index (χ2v) is 2.42. The summed E-state index contributed by atoms with van der Waals surface area (Å²) in [6.07, 6.45) is 0.980. The molecule has 0 fully saturated rings. The first-order valence-electron chi connectivity index (χ1n) is 2.53. The SMILES string of the molecule is CCc1csc(N)n1.Cl. The van der Waals surface area contributed by atoms with Gasteiger partial charge in [0.15, 0.2) is 5.13 Å². The summed E-state index contributed by atoms with van der Waals surface area (Å²) >= 11 is 1.50. The predicted octanol–water partition coefficient (Wildman–Crippen LogP) is 1.71. The number of anilines is 1. The van der Waals surface area contributed by atoms with Crippen molar-refractivity contribution in [3.05, 3.63) is 11.1 Å². The lowest BCUT2D eigenvalue weighted by Gasteiger charge is -1.79. The van der Waals surface area contributed by atoms with Crippen LogP contribution in [0.3, 0.4) is 0 Å². The fraction of sp³-hybridized carbons (Fsp3) is 0.400. The second kappa shape index (κ2) is 3.69. The van der Waals surface area contributed by atoms with Gasteiger partial charge in [-0.3, -0.25) is 0 Å². The van der Waals surface area contributed by atoms with Crippen molar-refractivity contribution in [2.45, 2.75) is 13.3 Å². The van der Waals surface area contributed by atoms with Gasteiger partial charge < -0.3 is 5.73 Å². The average Bonchev–Trinajstić information content (AvgIpc) is 2.14. The molecular weight excluding hydrogens is 156 g/mol. The molecule has 0 saturated carbocycles. The highest BCUT2D eigenvalue weighted by Gasteiger charge is 1.91. The Morgan fingerprint density at radius 2 is 2.44 bits per heavy atom. The van der Waals surface area contributed by atoms with Crippen LogP contribution in [-0.2, 0) is 6.42 Å². The van der Waals surface area contributed by atoms with E-state index in [1.54, 1.807) is 0 Å². The lowest BCUT2D eigenvalue weighted by Crippen LogP contribution is -1.83. The van der Waals surface area contributed by atoms with E-state index in [2.05, 4.69) is 11.9 Å². The van der Waals surface area contributed by atoms with Gasteiger partial charge in [0.1, 0.15) is 0 Å². The molecule has 2 N–H and O–H groups in total. The summed E-state index contributed by atoms with van der Waals surface area (Å²) in [6.45, 7) is 2.06. The minimum absolute atomic E-state index is 0. The number of nitrogens with zero attached hydrogens (tertiary/aromatic N) is 1. The topological polar surface area (TPSA) is 38.9 Å². The van der Waals surface area contributed by atoms with E-state index in [9.17, 15) is 0 Å². The number of aromatic nitrogens is 1. The Balaban J connectivity index is 0.000000640. The fourth-order valence-corrected chi connectivity index (χ4v) is 1.13. The number of hydrogen-bond acceptors (Lipinski definition) is 3. The molecule has 0 radical (unpaired) electrons. The third-order valence-electron chi connectivity index (χ3n) is 0.932. The first-order chi connectivity index (χ1) is 3.83.